The molecule has 0 spiro atoms. The lowest BCUT2D eigenvalue weighted by Gasteiger charge is -2.08. The van der Waals surface area contributed by atoms with Crippen molar-refractivity contribution in [2.45, 2.75) is 6.92 Å². The first kappa shape index (κ1) is 5.69. The Morgan fingerprint density at radius 1 is 1.88 bits per heavy atom. The molecule has 1 aliphatic heterocycles. The third kappa shape index (κ3) is 1.04. The van der Waals surface area contributed by atoms with Gasteiger partial charge in [0, 0.05) is 6.92 Å². The first-order valence-corrected chi connectivity index (χ1v) is 3.24. The molecule has 0 bridgehead atoms. The SMILES string of the molecule is CC(=O)N1CC=CS1. The van der Waals surface area contributed by atoms with E-state index in [0.29, 0.717) is 0 Å². The van der Waals surface area contributed by atoms with Crippen LogP contribution >= 0.6 is 11.9 Å². The Morgan fingerprint density at radius 3 is 2.88 bits per heavy atom. The van der Waals surface area contributed by atoms with Gasteiger partial charge in [-0.1, -0.05) is 6.08 Å². The van der Waals surface area contributed by atoms with Gasteiger partial charge in [-0.2, -0.15) is 0 Å². The molecule has 0 fully saturated rings. The molecule has 0 atom stereocenters. The average Bonchev–Trinajstić information content (AvgIpc) is 2.12. The summed E-state index contributed by atoms with van der Waals surface area (Å²) in [6, 6.07) is 0. The molecule has 0 aromatic carbocycles. The molecule has 0 unspecified atom stereocenters. The molecule has 0 saturated heterocycles. The van der Waals surface area contributed by atoms with Crippen molar-refractivity contribution in [3.05, 3.63) is 11.5 Å². The van der Waals surface area contributed by atoms with Crippen molar-refractivity contribution in [3.8, 4) is 0 Å². The largest absolute Gasteiger partial charge is 0.279 e. The van der Waals surface area contributed by atoms with Crippen LogP contribution in [0.5, 0.6) is 0 Å². The average molecular weight is 129 g/mol. The zero-order valence-corrected chi connectivity index (χ0v) is 5.44. The number of hydrogen-bond donors (Lipinski definition) is 0. The lowest BCUT2D eigenvalue weighted by molar-refractivity contribution is -0.123. The predicted molar refractivity (Wildman–Crippen MR) is 34.1 cm³/mol. The molecule has 44 valence electrons. The number of carbonyl (C=O) groups excluding carboxylic acids is 1. The predicted octanol–water partition coefficient (Wildman–Crippen LogP) is 1.01. The fourth-order valence-electron chi connectivity index (χ4n) is 0.501. The van der Waals surface area contributed by atoms with Crippen LogP contribution in [0.2, 0.25) is 0 Å². The number of hydrogen-bond acceptors (Lipinski definition) is 2. The van der Waals surface area contributed by atoms with Crippen molar-refractivity contribution >= 4 is 17.9 Å². The van der Waals surface area contributed by atoms with Gasteiger partial charge in [0.1, 0.15) is 0 Å². The maximum atomic E-state index is 10.5. The van der Waals surface area contributed by atoms with Crippen molar-refractivity contribution in [2.75, 3.05) is 6.54 Å². The van der Waals surface area contributed by atoms with E-state index in [9.17, 15) is 4.79 Å². The van der Waals surface area contributed by atoms with E-state index in [1.165, 1.54) is 11.9 Å². The smallest absolute Gasteiger partial charge is 0.229 e. The molecule has 0 aliphatic carbocycles. The third-order valence-corrected chi connectivity index (χ3v) is 1.88. The van der Waals surface area contributed by atoms with Gasteiger partial charge in [0.15, 0.2) is 0 Å². The second kappa shape index (κ2) is 2.22. The number of carbonyl (C=O) groups is 1. The van der Waals surface area contributed by atoms with Gasteiger partial charge in [0.25, 0.3) is 0 Å². The highest BCUT2D eigenvalue weighted by molar-refractivity contribution is 8.00. The molecule has 2 nitrogen and oxygen atoms in total. The fourth-order valence-corrected chi connectivity index (χ4v) is 1.14. The summed E-state index contributed by atoms with van der Waals surface area (Å²) in [4.78, 5) is 10.5. The van der Waals surface area contributed by atoms with Gasteiger partial charge in [0.05, 0.1) is 6.54 Å². The molecule has 0 radical (unpaired) electrons. The molecule has 8 heavy (non-hydrogen) atoms. The topological polar surface area (TPSA) is 20.3 Å². The summed E-state index contributed by atoms with van der Waals surface area (Å²) < 4.78 is 1.69. The molecule has 1 aliphatic rings. The maximum absolute atomic E-state index is 10.5. The minimum Gasteiger partial charge on any atom is -0.279 e. The molecule has 1 heterocycles. The molecule has 0 aromatic rings. The summed E-state index contributed by atoms with van der Waals surface area (Å²) in [6.07, 6.45) is 1.96. The van der Waals surface area contributed by atoms with Crippen LogP contribution in [0.15, 0.2) is 11.5 Å². The highest BCUT2D eigenvalue weighted by Crippen LogP contribution is 2.16. The van der Waals surface area contributed by atoms with E-state index in [4.69, 9.17) is 0 Å². The van der Waals surface area contributed by atoms with Gasteiger partial charge in [-0.15, -0.1) is 0 Å². The molecule has 3 heteroatoms. The standard InChI is InChI=1S/C5H7NOS/c1-5(7)6-3-2-4-8-6/h2,4H,3H2,1H3. The highest BCUT2D eigenvalue weighted by atomic mass is 32.2. The lowest BCUT2D eigenvalue weighted by Crippen LogP contribution is -2.17. The zero-order chi connectivity index (χ0) is 5.98. The number of nitrogens with zero attached hydrogens (tertiary/aromatic N) is 1. The van der Waals surface area contributed by atoms with Crippen molar-refractivity contribution < 1.29 is 4.79 Å². The minimum atomic E-state index is 0.125. The van der Waals surface area contributed by atoms with E-state index >= 15 is 0 Å². The highest BCUT2D eigenvalue weighted by Gasteiger charge is 2.08. The molecular weight excluding hydrogens is 122 g/mol. The molecule has 0 saturated carbocycles. The van der Waals surface area contributed by atoms with E-state index in [1.807, 2.05) is 11.5 Å². The summed E-state index contributed by atoms with van der Waals surface area (Å²) >= 11 is 1.45. The monoisotopic (exact) mass is 129 g/mol. The van der Waals surface area contributed by atoms with Crippen molar-refractivity contribution in [1.82, 2.24) is 4.31 Å². The quantitative estimate of drug-likeness (QED) is 0.455. The molecule has 1 rings (SSSR count). The summed E-state index contributed by atoms with van der Waals surface area (Å²) in [5.41, 5.74) is 0. The molecule has 1 amide bonds. The first-order valence-electron chi connectivity index (χ1n) is 2.40. The summed E-state index contributed by atoms with van der Waals surface area (Å²) in [7, 11) is 0. The van der Waals surface area contributed by atoms with Crippen LogP contribution in [0.4, 0.5) is 0 Å². The molecule has 0 N–H and O–H groups in total. The number of rotatable bonds is 0. The van der Waals surface area contributed by atoms with E-state index in [2.05, 4.69) is 0 Å². The van der Waals surface area contributed by atoms with Crippen LogP contribution in [-0.4, -0.2) is 16.8 Å². The minimum absolute atomic E-state index is 0.125. The Hall–Kier alpha value is -0.440. The van der Waals surface area contributed by atoms with Gasteiger partial charge in [-0.3, -0.25) is 9.10 Å². The van der Waals surface area contributed by atoms with E-state index in [-0.39, 0.29) is 5.91 Å². The van der Waals surface area contributed by atoms with Gasteiger partial charge in [-0.05, 0) is 17.4 Å². The Kier molecular flexibility index (Phi) is 1.58. The zero-order valence-electron chi connectivity index (χ0n) is 4.63. The maximum Gasteiger partial charge on any atom is 0.229 e. The van der Waals surface area contributed by atoms with Gasteiger partial charge < -0.3 is 0 Å². The van der Waals surface area contributed by atoms with Crippen LogP contribution in [-0.2, 0) is 4.79 Å². The summed E-state index contributed by atoms with van der Waals surface area (Å²) in [5, 5.41) is 1.92. The summed E-state index contributed by atoms with van der Waals surface area (Å²) in [6.45, 7) is 2.33. The third-order valence-electron chi connectivity index (χ3n) is 0.907. The summed E-state index contributed by atoms with van der Waals surface area (Å²) in [5.74, 6) is 0.125. The van der Waals surface area contributed by atoms with Crippen LogP contribution in [0.25, 0.3) is 0 Å². The van der Waals surface area contributed by atoms with Crippen molar-refractivity contribution in [3.63, 3.8) is 0 Å². The van der Waals surface area contributed by atoms with Crippen LogP contribution in [0.3, 0.4) is 0 Å². The van der Waals surface area contributed by atoms with Crippen molar-refractivity contribution in [1.29, 1.82) is 0 Å². The van der Waals surface area contributed by atoms with E-state index in [1.54, 1.807) is 11.2 Å². The van der Waals surface area contributed by atoms with Gasteiger partial charge >= 0.3 is 0 Å². The normalized spacial score (nSPS) is 17.4. The molecule has 0 aromatic heterocycles. The fraction of sp³-hybridized carbons (Fsp3) is 0.400. The first-order chi connectivity index (χ1) is 3.80. The Bertz CT molecular complexity index is 124. The van der Waals surface area contributed by atoms with Crippen LogP contribution in [0, 0.1) is 0 Å². The van der Waals surface area contributed by atoms with E-state index in [0.717, 1.165) is 6.54 Å². The van der Waals surface area contributed by atoms with Crippen LogP contribution in [0.1, 0.15) is 6.92 Å². The second-order valence-electron chi connectivity index (χ2n) is 1.56. The van der Waals surface area contributed by atoms with Gasteiger partial charge in [0.2, 0.25) is 5.91 Å². The van der Waals surface area contributed by atoms with E-state index < -0.39 is 0 Å². The Balaban J connectivity index is 2.41. The Labute approximate surface area is 52.7 Å². The second-order valence-corrected chi connectivity index (χ2v) is 2.48. The lowest BCUT2D eigenvalue weighted by atomic mass is 10.6. The van der Waals surface area contributed by atoms with Crippen molar-refractivity contribution in [2.24, 2.45) is 0 Å². The van der Waals surface area contributed by atoms with Gasteiger partial charge in [-0.25, -0.2) is 0 Å². The van der Waals surface area contributed by atoms with Crippen LogP contribution < -0.4 is 0 Å². The Morgan fingerprint density at radius 2 is 2.62 bits per heavy atom. The molecular formula is C5H7NOS. The number of amides is 1.